The van der Waals surface area contributed by atoms with Crippen molar-refractivity contribution in [2.24, 2.45) is 5.84 Å². The highest BCUT2D eigenvalue weighted by Crippen LogP contribution is 2.24. The molecule has 0 saturated heterocycles. The Morgan fingerprint density at radius 3 is 2.59 bits per heavy atom. The third-order valence-corrected chi connectivity index (χ3v) is 2.41. The zero-order valence-electron chi connectivity index (χ0n) is 9.77. The summed E-state index contributed by atoms with van der Waals surface area (Å²) in [5, 5.41) is 15.0. The lowest BCUT2D eigenvalue weighted by molar-refractivity contribution is -0.386. The fourth-order valence-corrected chi connectivity index (χ4v) is 1.65. The van der Waals surface area contributed by atoms with E-state index < -0.39 is 10.8 Å². The van der Waals surface area contributed by atoms with Gasteiger partial charge in [-0.25, -0.2) is 5.84 Å². The summed E-state index contributed by atoms with van der Waals surface area (Å²) < 4.78 is 1.33. The molecule has 1 amide bonds. The number of carbonyl (C=O) groups is 1. The van der Waals surface area contributed by atoms with E-state index in [2.05, 4.69) is 5.10 Å². The summed E-state index contributed by atoms with van der Waals surface area (Å²) in [6.45, 7) is 3.45. The Bertz CT molecular complexity index is 440. The Kier molecular flexibility index (Phi) is 4.16. The van der Waals surface area contributed by atoms with Crippen molar-refractivity contribution in [3.05, 3.63) is 21.5 Å². The van der Waals surface area contributed by atoms with Gasteiger partial charge in [0, 0.05) is 0 Å². The number of hydrazine groups is 1. The molecule has 1 aromatic heterocycles. The van der Waals surface area contributed by atoms with Crippen LogP contribution < -0.4 is 11.3 Å². The molecule has 94 valence electrons. The molecule has 0 spiro atoms. The second-order valence-electron chi connectivity index (χ2n) is 3.43. The molecule has 3 N–H and O–H groups in total. The first kappa shape index (κ1) is 13.1. The lowest BCUT2D eigenvalue weighted by Gasteiger charge is -2.03. The standard InChI is InChI=1S/C9H15N5O3/c1-3-6-9(14(16)17)7(4-2)13(12-6)5-8(15)11-10/h3-5,10H2,1-2H3,(H,11,15). The number of aryl methyl sites for hydroxylation is 1. The second-order valence-corrected chi connectivity index (χ2v) is 3.43. The topological polar surface area (TPSA) is 116 Å². The molecule has 0 atom stereocenters. The molecule has 8 heteroatoms. The molecule has 0 saturated carbocycles. The molecule has 0 radical (unpaired) electrons. The number of hydrogen-bond donors (Lipinski definition) is 2. The van der Waals surface area contributed by atoms with Gasteiger partial charge in [-0.15, -0.1) is 0 Å². The Hall–Kier alpha value is -1.96. The monoisotopic (exact) mass is 241 g/mol. The van der Waals surface area contributed by atoms with E-state index in [1.807, 2.05) is 5.43 Å². The summed E-state index contributed by atoms with van der Waals surface area (Å²) in [5.74, 6) is 4.53. The van der Waals surface area contributed by atoms with Crippen molar-refractivity contribution in [3.8, 4) is 0 Å². The largest absolute Gasteiger partial charge is 0.313 e. The summed E-state index contributed by atoms with van der Waals surface area (Å²) in [4.78, 5) is 21.7. The minimum atomic E-state index is -0.457. The van der Waals surface area contributed by atoms with Crippen LogP contribution in [0.3, 0.4) is 0 Å². The van der Waals surface area contributed by atoms with E-state index in [9.17, 15) is 14.9 Å². The van der Waals surface area contributed by atoms with E-state index in [1.54, 1.807) is 13.8 Å². The van der Waals surface area contributed by atoms with Crippen LogP contribution in [-0.2, 0) is 24.2 Å². The Balaban J connectivity index is 3.22. The fourth-order valence-electron chi connectivity index (χ4n) is 1.65. The van der Waals surface area contributed by atoms with Crippen molar-refractivity contribution in [2.75, 3.05) is 0 Å². The molecule has 0 unspecified atom stereocenters. The Morgan fingerprint density at radius 2 is 2.18 bits per heavy atom. The van der Waals surface area contributed by atoms with E-state index in [0.29, 0.717) is 24.2 Å². The third-order valence-electron chi connectivity index (χ3n) is 2.41. The number of amides is 1. The summed E-state index contributed by atoms with van der Waals surface area (Å²) in [7, 11) is 0. The summed E-state index contributed by atoms with van der Waals surface area (Å²) in [6, 6.07) is 0. The summed E-state index contributed by atoms with van der Waals surface area (Å²) in [6.07, 6.45) is 0.877. The minimum Gasteiger partial charge on any atom is -0.293 e. The number of rotatable bonds is 5. The smallest absolute Gasteiger partial charge is 0.293 e. The molecule has 0 bridgehead atoms. The van der Waals surface area contributed by atoms with Gasteiger partial charge in [0.25, 0.3) is 5.91 Å². The quantitative estimate of drug-likeness (QED) is 0.323. The molecule has 0 fully saturated rings. The van der Waals surface area contributed by atoms with E-state index in [-0.39, 0.29) is 12.2 Å². The highest BCUT2D eigenvalue weighted by molar-refractivity contribution is 5.75. The molecule has 0 aromatic carbocycles. The van der Waals surface area contributed by atoms with Crippen molar-refractivity contribution in [1.29, 1.82) is 0 Å². The van der Waals surface area contributed by atoms with Gasteiger partial charge in [0.05, 0.1) is 4.92 Å². The van der Waals surface area contributed by atoms with Crippen LogP contribution in [0.5, 0.6) is 0 Å². The maximum atomic E-state index is 11.2. The van der Waals surface area contributed by atoms with Crippen LogP contribution in [0.1, 0.15) is 25.2 Å². The van der Waals surface area contributed by atoms with Gasteiger partial charge in [0.15, 0.2) is 0 Å². The van der Waals surface area contributed by atoms with Crippen molar-refractivity contribution in [1.82, 2.24) is 15.2 Å². The highest BCUT2D eigenvalue weighted by Gasteiger charge is 2.25. The number of hydrogen-bond acceptors (Lipinski definition) is 5. The molecule has 8 nitrogen and oxygen atoms in total. The lowest BCUT2D eigenvalue weighted by atomic mass is 10.2. The van der Waals surface area contributed by atoms with Crippen molar-refractivity contribution in [2.45, 2.75) is 33.2 Å². The second kappa shape index (κ2) is 5.39. The number of carbonyl (C=O) groups excluding carboxylic acids is 1. The zero-order valence-corrected chi connectivity index (χ0v) is 9.77. The first-order chi connectivity index (χ1) is 8.04. The lowest BCUT2D eigenvalue weighted by Crippen LogP contribution is -2.34. The van der Waals surface area contributed by atoms with E-state index in [4.69, 9.17) is 5.84 Å². The summed E-state index contributed by atoms with van der Waals surface area (Å²) >= 11 is 0. The van der Waals surface area contributed by atoms with E-state index in [0.717, 1.165) is 0 Å². The fraction of sp³-hybridized carbons (Fsp3) is 0.556. The molecule has 1 rings (SSSR count). The highest BCUT2D eigenvalue weighted by atomic mass is 16.6. The predicted octanol–water partition coefficient (Wildman–Crippen LogP) is -0.0940. The molecule has 0 aliphatic heterocycles. The number of nitrogens with zero attached hydrogens (tertiary/aromatic N) is 3. The Labute approximate surface area is 97.9 Å². The van der Waals surface area contributed by atoms with Crippen molar-refractivity contribution in [3.63, 3.8) is 0 Å². The first-order valence-corrected chi connectivity index (χ1v) is 5.27. The van der Waals surface area contributed by atoms with Gasteiger partial charge >= 0.3 is 5.69 Å². The SMILES string of the molecule is CCc1nn(CC(=O)NN)c(CC)c1[N+](=O)[O-]. The summed E-state index contributed by atoms with van der Waals surface area (Å²) in [5.41, 5.74) is 2.80. The van der Waals surface area contributed by atoms with Gasteiger partial charge in [-0.1, -0.05) is 13.8 Å². The number of nitrogens with two attached hydrogens (primary N) is 1. The van der Waals surface area contributed by atoms with Crippen LogP contribution in [0.15, 0.2) is 0 Å². The van der Waals surface area contributed by atoms with Crippen LogP contribution >= 0.6 is 0 Å². The average Bonchev–Trinajstić information content (AvgIpc) is 2.66. The Morgan fingerprint density at radius 1 is 1.53 bits per heavy atom. The first-order valence-electron chi connectivity index (χ1n) is 5.27. The van der Waals surface area contributed by atoms with Gasteiger partial charge in [-0.2, -0.15) is 5.10 Å². The molecule has 1 aromatic rings. The molecule has 17 heavy (non-hydrogen) atoms. The van der Waals surface area contributed by atoms with Crippen LogP contribution in [-0.4, -0.2) is 20.6 Å². The number of aromatic nitrogens is 2. The number of nitro groups is 1. The van der Waals surface area contributed by atoms with Gasteiger partial charge in [0.1, 0.15) is 17.9 Å². The van der Waals surface area contributed by atoms with Crippen LogP contribution in [0.4, 0.5) is 5.69 Å². The molecule has 0 aliphatic carbocycles. The van der Waals surface area contributed by atoms with Crippen LogP contribution in [0.2, 0.25) is 0 Å². The minimum absolute atomic E-state index is 0.000165. The molecular formula is C9H15N5O3. The third kappa shape index (κ3) is 2.59. The van der Waals surface area contributed by atoms with Gasteiger partial charge in [-0.05, 0) is 12.8 Å². The van der Waals surface area contributed by atoms with Crippen LogP contribution in [0.25, 0.3) is 0 Å². The normalized spacial score (nSPS) is 10.3. The van der Waals surface area contributed by atoms with Gasteiger partial charge in [-0.3, -0.25) is 25.0 Å². The van der Waals surface area contributed by atoms with Crippen LogP contribution in [0, 0.1) is 10.1 Å². The molecular weight excluding hydrogens is 226 g/mol. The average molecular weight is 241 g/mol. The van der Waals surface area contributed by atoms with Crippen molar-refractivity contribution >= 4 is 11.6 Å². The van der Waals surface area contributed by atoms with E-state index >= 15 is 0 Å². The number of nitrogens with one attached hydrogen (secondary N) is 1. The van der Waals surface area contributed by atoms with Gasteiger partial charge < -0.3 is 0 Å². The molecule has 0 aliphatic rings. The molecule has 1 heterocycles. The maximum absolute atomic E-state index is 11.2. The van der Waals surface area contributed by atoms with Crippen molar-refractivity contribution < 1.29 is 9.72 Å². The predicted molar refractivity (Wildman–Crippen MR) is 60.0 cm³/mol. The van der Waals surface area contributed by atoms with E-state index in [1.165, 1.54) is 4.68 Å². The zero-order chi connectivity index (χ0) is 13.0. The van der Waals surface area contributed by atoms with Gasteiger partial charge in [0.2, 0.25) is 0 Å². The maximum Gasteiger partial charge on any atom is 0.313 e.